The summed E-state index contributed by atoms with van der Waals surface area (Å²) in [5.41, 5.74) is 11.7. The third kappa shape index (κ3) is 9.63. The maximum absolute atomic E-state index is 14.8. The van der Waals surface area contributed by atoms with Gasteiger partial charge in [-0.1, -0.05) is 59.1 Å². The third-order valence-corrected chi connectivity index (χ3v) is 10.4. The summed E-state index contributed by atoms with van der Waals surface area (Å²) < 4.78 is 17.0. The zero-order valence-corrected chi connectivity index (χ0v) is 31.9. The Morgan fingerprint density at radius 1 is 0.980 bits per heavy atom. The minimum atomic E-state index is -0.278. The lowest BCUT2D eigenvalue weighted by molar-refractivity contribution is -0.128. The minimum absolute atomic E-state index is 0. The number of rotatable bonds is 14. The normalized spacial score (nSPS) is 18.3. The zero-order chi connectivity index (χ0) is 35.4. The molecule has 1 aliphatic carbocycles. The lowest BCUT2D eigenvalue weighted by Crippen LogP contribution is -2.63. The molecule has 6 rings (SSSR count). The molecule has 2 atom stereocenters. The molecule has 3 aromatic carbocycles. The minimum Gasteiger partial charge on any atom is -0.490 e. The fraction of sp³-hybridized carbons (Fsp3) is 0.421. The van der Waals surface area contributed by atoms with Gasteiger partial charge in [-0.05, 0) is 97.2 Å². The number of benzene rings is 3. The van der Waals surface area contributed by atoms with Gasteiger partial charge in [-0.15, -0.1) is 12.4 Å². The Labute approximate surface area is 321 Å². The maximum atomic E-state index is 14.8. The Kier molecular flexibility index (Phi) is 13.4. The van der Waals surface area contributed by atoms with Gasteiger partial charge in [0.2, 0.25) is 0 Å². The van der Waals surface area contributed by atoms with Gasteiger partial charge in [-0.3, -0.25) is 10.2 Å². The molecule has 2 fully saturated rings. The summed E-state index contributed by atoms with van der Waals surface area (Å²) in [4.78, 5) is 18.6. The monoisotopic (exact) mass is 775 g/mol. The number of carbonyl (C=O) groups excluding carboxylic acids is 1. The number of methoxy groups -OCH3 is 1. The van der Waals surface area contributed by atoms with Crippen LogP contribution in [0.1, 0.15) is 47.9 Å². The highest BCUT2D eigenvalue weighted by Crippen LogP contribution is 2.38. The quantitative estimate of drug-likeness (QED) is 0.0896. The molecule has 4 N–H and O–H groups in total. The van der Waals surface area contributed by atoms with Gasteiger partial charge >= 0.3 is 0 Å². The van der Waals surface area contributed by atoms with E-state index < -0.39 is 0 Å². The second-order valence-corrected chi connectivity index (χ2v) is 14.5. The Morgan fingerprint density at radius 3 is 2.35 bits per heavy atom. The summed E-state index contributed by atoms with van der Waals surface area (Å²) in [7, 11) is 1.71. The summed E-state index contributed by atoms with van der Waals surface area (Å²) in [5, 5.41) is 13.4. The van der Waals surface area contributed by atoms with Crippen LogP contribution in [0.2, 0.25) is 15.1 Å². The molecule has 51 heavy (non-hydrogen) atoms. The first-order chi connectivity index (χ1) is 24.1. The third-order valence-electron chi connectivity index (χ3n) is 9.43. The van der Waals surface area contributed by atoms with Crippen LogP contribution in [0.3, 0.4) is 0 Å². The molecule has 13 heteroatoms. The molecule has 3 aliphatic rings. The number of amides is 1. The second-order valence-electron chi connectivity index (χ2n) is 13.3. The second kappa shape index (κ2) is 17.6. The van der Waals surface area contributed by atoms with Crippen LogP contribution < -0.4 is 20.5 Å². The molecule has 1 saturated carbocycles. The summed E-state index contributed by atoms with van der Waals surface area (Å²) in [5.74, 6) is 1.14. The number of aryl methyl sites for hydroxylation is 2. The van der Waals surface area contributed by atoms with Crippen molar-refractivity contribution in [2.24, 2.45) is 5.73 Å². The number of halogens is 4. The summed E-state index contributed by atoms with van der Waals surface area (Å²) in [6.45, 7) is 4.66. The van der Waals surface area contributed by atoms with Gasteiger partial charge in [0.25, 0.3) is 5.91 Å². The van der Waals surface area contributed by atoms with E-state index in [-0.39, 0.29) is 49.0 Å². The summed E-state index contributed by atoms with van der Waals surface area (Å²) >= 11 is 19.4. The smallest absolute Gasteiger partial charge is 0.252 e. The van der Waals surface area contributed by atoms with Gasteiger partial charge < -0.3 is 35.1 Å². The molecule has 2 heterocycles. The molecule has 0 aromatic heterocycles. The predicted octanol–water partition coefficient (Wildman–Crippen LogP) is 7.30. The molecule has 2 aliphatic heterocycles. The number of nitrogens with two attached hydrogens (primary N) is 1. The van der Waals surface area contributed by atoms with Crippen LogP contribution in [0.5, 0.6) is 11.5 Å². The van der Waals surface area contributed by atoms with Gasteiger partial charge in [-0.25, -0.2) is 0 Å². The molecular formula is C38H45Cl4N5O4. The molecule has 0 radical (unpaired) electrons. The summed E-state index contributed by atoms with van der Waals surface area (Å²) in [6, 6.07) is 17.5. The highest BCUT2D eigenvalue weighted by atomic mass is 35.5. The highest BCUT2D eigenvalue weighted by molar-refractivity contribution is 6.37. The van der Waals surface area contributed by atoms with Crippen molar-refractivity contribution in [3.8, 4) is 11.5 Å². The fourth-order valence-corrected chi connectivity index (χ4v) is 7.74. The van der Waals surface area contributed by atoms with Gasteiger partial charge in [0.1, 0.15) is 19.0 Å². The number of guanidine groups is 1. The number of carbonyl (C=O) groups is 1. The average Bonchev–Trinajstić information content (AvgIpc) is 3.93. The standard InChI is InChI=1S/C38H44Cl3N5O4.ClH/c1-23-16-32(40)36(33(41)17-23)50-15-14-49-29-10-6-25(7-11-29)30-19-27-21-45(38(42)43)22-34(44-27)35(30)37(47)46(28-8-9-28)20-26-18-24(4-3-13-48-2)5-12-31(26)39;/h5-7,10-12,16-18,27-28,34,44H,3-4,8-9,13-15,19-22H2,1-2H3,(H3,42,43);1H/t27-,34-;/m1./s1. The van der Waals surface area contributed by atoms with Crippen molar-refractivity contribution in [2.45, 2.75) is 63.7 Å². The number of hydrogen-bond acceptors (Lipinski definition) is 6. The first-order valence-electron chi connectivity index (χ1n) is 17.1. The number of hydrogen-bond donors (Lipinski definition) is 3. The van der Waals surface area contributed by atoms with Gasteiger partial charge in [0.15, 0.2) is 11.7 Å². The number of nitrogens with one attached hydrogen (secondary N) is 2. The number of nitrogens with zero attached hydrogens (tertiary/aromatic N) is 2. The predicted molar refractivity (Wildman–Crippen MR) is 207 cm³/mol. The van der Waals surface area contributed by atoms with E-state index in [1.54, 1.807) is 7.11 Å². The van der Waals surface area contributed by atoms with Crippen LogP contribution in [-0.4, -0.2) is 79.8 Å². The first kappa shape index (κ1) is 39.0. The zero-order valence-electron chi connectivity index (χ0n) is 28.9. The molecule has 0 spiro atoms. The van der Waals surface area contributed by atoms with Crippen LogP contribution in [0.15, 0.2) is 60.2 Å². The molecular weight excluding hydrogens is 732 g/mol. The van der Waals surface area contributed by atoms with E-state index in [0.717, 1.165) is 53.5 Å². The van der Waals surface area contributed by atoms with Crippen LogP contribution in [0, 0.1) is 12.3 Å². The molecule has 1 amide bonds. The van der Waals surface area contributed by atoms with Crippen molar-refractivity contribution in [1.29, 1.82) is 5.41 Å². The van der Waals surface area contributed by atoms with E-state index in [1.807, 2.05) is 65.3 Å². The molecule has 3 aromatic rings. The SMILES string of the molecule is COCCCc1ccc(Cl)c(CN(C(=O)C2=C(c3ccc(OCCOc4c(Cl)cc(C)cc4Cl)cc3)C[C@@H]3CN(C(=N)N)C[C@H]2N3)C2CC2)c1.Cl. The van der Waals surface area contributed by atoms with Crippen molar-refractivity contribution >= 4 is 64.6 Å². The lowest BCUT2D eigenvalue weighted by atomic mass is 9.83. The Bertz CT molecular complexity index is 1730. The average molecular weight is 778 g/mol. The highest BCUT2D eigenvalue weighted by Gasteiger charge is 2.43. The van der Waals surface area contributed by atoms with Crippen LogP contribution in [-0.2, 0) is 22.5 Å². The van der Waals surface area contributed by atoms with Gasteiger partial charge in [0.05, 0.1) is 16.1 Å². The van der Waals surface area contributed by atoms with Crippen molar-refractivity contribution in [1.82, 2.24) is 15.1 Å². The summed E-state index contributed by atoms with van der Waals surface area (Å²) in [6.07, 6.45) is 4.33. The van der Waals surface area contributed by atoms with E-state index >= 15 is 0 Å². The molecule has 9 nitrogen and oxygen atoms in total. The van der Waals surface area contributed by atoms with Crippen molar-refractivity contribution in [3.63, 3.8) is 0 Å². The Morgan fingerprint density at radius 2 is 1.69 bits per heavy atom. The van der Waals surface area contributed by atoms with E-state index in [4.69, 9.17) is 60.2 Å². The van der Waals surface area contributed by atoms with Gasteiger partial charge in [-0.2, -0.15) is 0 Å². The maximum Gasteiger partial charge on any atom is 0.252 e. The van der Waals surface area contributed by atoms with Crippen LogP contribution >= 0.6 is 47.2 Å². The topological polar surface area (TPSA) is 113 Å². The van der Waals surface area contributed by atoms with Crippen LogP contribution in [0.25, 0.3) is 5.57 Å². The van der Waals surface area contributed by atoms with Crippen molar-refractivity contribution in [3.05, 3.63) is 97.5 Å². The van der Waals surface area contributed by atoms with Crippen LogP contribution in [0.4, 0.5) is 0 Å². The Balaban J connectivity index is 0.00000504. The molecule has 0 unspecified atom stereocenters. The number of piperazine rings is 1. The Hall–Kier alpha value is -3.18. The largest absolute Gasteiger partial charge is 0.490 e. The number of fused-ring (bicyclic) bond motifs is 2. The number of ether oxygens (including phenoxy) is 3. The van der Waals surface area contributed by atoms with E-state index in [9.17, 15) is 4.79 Å². The first-order valence-corrected chi connectivity index (χ1v) is 18.2. The van der Waals surface area contributed by atoms with Crippen molar-refractivity contribution in [2.75, 3.05) is 40.0 Å². The van der Waals surface area contributed by atoms with E-state index in [2.05, 4.69) is 11.4 Å². The van der Waals surface area contributed by atoms with E-state index in [0.29, 0.717) is 65.8 Å². The van der Waals surface area contributed by atoms with Gasteiger partial charge in [0, 0.05) is 56.0 Å². The molecule has 274 valence electrons. The molecule has 2 bridgehead atoms. The fourth-order valence-electron chi connectivity index (χ4n) is 6.86. The lowest BCUT2D eigenvalue weighted by Gasteiger charge is -2.45. The van der Waals surface area contributed by atoms with Crippen molar-refractivity contribution < 1.29 is 19.0 Å². The van der Waals surface area contributed by atoms with E-state index in [1.165, 1.54) is 5.56 Å². The molecule has 1 saturated heterocycles.